The molecule has 2 aromatic rings. The van der Waals surface area contributed by atoms with Crippen LogP contribution in [0.3, 0.4) is 0 Å². The van der Waals surface area contributed by atoms with Gasteiger partial charge < -0.3 is 5.32 Å². The second-order valence-corrected chi connectivity index (χ2v) is 9.01. The summed E-state index contributed by atoms with van der Waals surface area (Å²) in [6.07, 6.45) is 7.43. The lowest BCUT2D eigenvalue weighted by Gasteiger charge is -2.26. The molecule has 4 rings (SSSR count). The molecule has 0 fully saturated rings. The summed E-state index contributed by atoms with van der Waals surface area (Å²) in [5.41, 5.74) is 6.85. The number of hydrogen-bond acceptors (Lipinski definition) is 2. The second-order valence-electron chi connectivity index (χ2n) is 6.32. The third-order valence-corrected chi connectivity index (χ3v) is 6.39. The maximum absolute atomic E-state index is 4.86. The quantitative estimate of drug-likeness (QED) is 0.509. The Morgan fingerprint density at radius 3 is 2.54 bits per heavy atom. The third kappa shape index (κ3) is 3.16. The number of hydrogen-bond donors (Lipinski definition) is 1. The SMILES string of the molecule is Brc1cnc2c(c1)CCc1cc(Br)cc(Br)c1C2C1=CCNCC1. The van der Waals surface area contributed by atoms with Gasteiger partial charge in [0.1, 0.15) is 0 Å². The summed E-state index contributed by atoms with van der Waals surface area (Å²) in [5, 5.41) is 3.43. The Balaban J connectivity index is 1.96. The summed E-state index contributed by atoms with van der Waals surface area (Å²) in [6, 6.07) is 6.68. The molecule has 1 aromatic heterocycles. The molecule has 0 amide bonds. The van der Waals surface area contributed by atoms with Gasteiger partial charge in [0.2, 0.25) is 0 Å². The maximum Gasteiger partial charge on any atom is 0.0552 e. The van der Waals surface area contributed by atoms with E-state index in [1.807, 2.05) is 6.20 Å². The molecule has 0 saturated heterocycles. The molecule has 1 N–H and O–H groups in total. The Hall–Kier alpha value is -0.490. The third-order valence-electron chi connectivity index (χ3n) is 4.84. The summed E-state index contributed by atoms with van der Waals surface area (Å²) in [6.45, 7) is 1.98. The van der Waals surface area contributed by atoms with Gasteiger partial charge in [0.15, 0.2) is 0 Å². The van der Waals surface area contributed by atoms with Crippen molar-refractivity contribution in [1.82, 2.24) is 10.3 Å². The van der Waals surface area contributed by atoms with E-state index in [0.717, 1.165) is 41.3 Å². The smallest absolute Gasteiger partial charge is 0.0552 e. The van der Waals surface area contributed by atoms with Gasteiger partial charge >= 0.3 is 0 Å². The van der Waals surface area contributed by atoms with E-state index in [-0.39, 0.29) is 5.92 Å². The topological polar surface area (TPSA) is 24.9 Å². The number of nitrogens with zero attached hydrogens (tertiary/aromatic N) is 1. The monoisotopic (exact) mass is 510 g/mol. The molecule has 0 saturated carbocycles. The van der Waals surface area contributed by atoms with Crippen molar-refractivity contribution >= 4 is 47.8 Å². The summed E-state index contributed by atoms with van der Waals surface area (Å²) in [7, 11) is 0. The first-order valence-electron chi connectivity index (χ1n) is 8.15. The lowest BCUT2D eigenvalue weighted by atomic mass is 9.83. The number of aryl methyl sites for hydroxylation is 2. The van der Waals surface area contributed by atoms with E-state index in [1.165, 1.54) is 32.4 Å². The van der Waals surface area contributed by atoms with E-state index >= 15 is 0 Å². The van der Waals surface area contributed by atoms with Crippen molar-refractivity contribution in [1.29, 1.82) is 0 Å². The van der Waals surface area contributed by atoms with Crippen LogP contribution in [0.5, 0.6) is 0 Å². The van der Waals surface area contributed by atoms with Crippen molar-refractivity contribution in [3.05, 3.63) is 71.8 Å². The molecule has 24 heavy (non-hydrogen) atoms. The number of pyridine rings is 1. The van der Waals surface area contributed by atoms with E-state index in [1.54, 1.807) is 0 Å². The standard InChI is InChI=1S/C19H17Br3N2/c20-14-7-12-1-2-13-8-15(21)10-24-19(13)18(17(12)16(22)9-14)11-3-5-23-6-4-11/h3,7-10,18,23H,1-2,4-6H2. The fraction of sp³-hybridized carbons (Fsp3) is 0.316. The fourth-order valence-corrected chi connectivity index (χ4v) is 5.71. The minimum Gasteiger partial charge on any atom is -0.313 e. The first kappa shape index (κ1) is 17.0. The summed E-state index contributed by atoms with van der Waals surface area (Å²) in [5.74, 6) is 0.246. The summed E-state index contributed by atoms with van der Waals surface area (Å²) < 4.78 is 3.37. The minimum absolute atomic E-state index is 0.246. The predicted octanol–water partition coefficient (Wildman–Crippen LogP) is 5.52. The van der Waals surface area contributed by atoms with Gasteiger partial charge in [0.05, 0.1) is 5.69 Å². The van der Waals surface area contributed by atoms with Crippen LogP contribution in [0.4, 0.5) is 0 Å². The Bertz CT molecular complexity index is 830. The molecule has 2 nitrogen and oxygen atoms in total. The zero-order valence-corrected chi connectivity index (χ0v) is 17.8. The van der Waals surface area contributed by atoms with E-state index in [2.05, 4.69) is 77.4 Å². The molecule has 2 heterocycles. The van der Waals surface area contributed by atoms with Crippen molar-refractivity contribution in [3.63, 3.8) is 0 Å². The van der Waals surface area contributed by atoms with Crippen LogP contribution in [0.1, 0.15) is 34.7 Å². The van der Waals surface area contributed by atoms with Gasteiger partial charge in [-0.3, -0.25) is 4.98 Å². The van der Waals surface area contributed by atoms with Gasteiger partial charge in [0.25, 0.3) is 0 Å². The molecule has 1 aliphatic carbocycles. The molecule has 124 valence electrons. The van der Waals surface area contributed by atoms with Crippen molar-refractivity contribution in [2.24, 2.45) is 0 Å². The van der Waals surface area contributed by atoms with Crippen LogP contribution < -0.4 is 5.32 Å². The summed E-state index contributed by atoms with van der Waals surface area (Å²) >= 11 is 11.1. The number of rotatable bonds is 1. The molecular weight excluding hydrogens is 496 g/mol. The fourth-order valence-electron chi connectivity index (χ4n) is 3.79. The molecule has 1 unspecified atom stereocenters. The average Bonchev–Trinajstić information content (AvgIpc) is 2.72. The van der Waals surface area contributed by atoms with Gasteiger partial charge in [-0.05, 0) is 76.6 Å². The largest absolute Gasteiger partial charge is 0.313 e. The number of halogens is 3. The summed E-state index contributed by atoms with van der Waals surface area (Å²) in [4.78, 5) is 4.86. The van der Waals surface area contributed by atoms with Crippen LogP contribution in [0.15, 0.2) is 49.5 Å². The Kier molecular flexibility index (Phi) is 4.96. The first-order valence-corrected chi connectivity index (χ1v) is 10.5. The molecule has 1 aromatic carbocycles. The van der Waals surface area contributed by atoms with Gasteiger partial charge in [-0.1, -0.05) is 43.5 Å². The molecule has 5 heteroatoms. The maximum atomic E-state index is 4.86. The molecule has 1 atom stereocenters. The second kappa shape index (κ2) is 7.02. The molecule has 0 radical (unpaired) electrons. The number of fused-ring (bicyclic) bond motifs is 2. The van der Waals surface area contributed by atoms with E-state index < -0.39 is 0 Å². The van der Waals surface area contributed by atoms with Crippen LogP contribution >= 0.6 is 47.8 Å². The lowest BCUT2D eigenvalue weighted by molar-refractivity contribution is 0.666. The highest BCUT2D eigenvalue weighted by molar-refractivity contribution is 9.11. The van der Waals surface area contributed by atoms with Crippen molar-refractivity contribution in [2.75, 3.05) is 13.1 Å². The van der Waals surface area contributed by atoms with Gasteiger partial charge in [-0.2, -0.15) is 0 Å². The number of nitrogens with one attached hydrogen (secondary N) is 1. The number of aromatic nitrogens is 1. The van der Waals surface area contributed by atoms with E-state index in [4.69, 9.17) is 4.98 Å². The Labute approximate surface area is 167 Å². The molecule has 1 aliphatic heterocycles. The van der Waals surface area contributed by atoms with Crippen LogP contribution in [-0.2, 0) is 12.8 Å². The van der Waals surface area contributed by atoms with Crippen LogP contribution in [0.25, 0.3) is 0 Å². The molecule has 0 bridgehead atoms. The zero-order chi connectivity index (χ0) is 16.7. The predicted molar refractivity (Wildman–Crippen MR) is 109 cm³/mol. The van der Waals surface area contributed by atoms with Crippen LogP contribution in [0.2, 0.25) is 0 Å². The van der Waals surface area contributed by atoms with Crippen molar-refractivity contribution in [2.45, 2.75) is 25.2 Å². The first-order chi connectivity index (χ1) is 11.6. The van der Waals surface area contributed by atoms with Gasteiger partial charge in [-0.25, -0.2) is 0 Å². The highest BCUT2D eigenvalue weighted by Gasteiger charge is 2.30. The average molecular weight is 513 g/mol. The normalized spacial score (nSPS) is 20.0. The van der Waals surface area contributed by atoms with Gasteiger partial charge in [-0.15, -0.1) is 0 Å². The zero-order valence-electron chi connectivity index (χ0n) is 13.1. The molecule has 0 spiro atoms. The van der Waals surface area contributed by atoms with E-state index in [9.17, 15) is 0 Å². The highest BCUT2D eigenvalue weighted by atomic mass is 79.9. The Morgan fingerprint density at radius 1 is 0.958 bits per heavy atom. The minimum atomic E-state index is 0.246. The number of benzene rings is 1. The van der Waals surface area contributed by atoms with Crippen molar-refractivity contribution < 1.29 is 0 Å². The Morgan fingerprint density at radius 2 is 1.75 bits per heavy atom. The van der Waals surface area contributed by atoms with E-state index in [0.29, 0.717) is 0 Å². The highest BCUT2D eigenvalue weighted by Crippen LogP contribution is 2.44. The van der Waals surface area contributed by atoms with Crippen LogP contribution in [0, 0.1) is 0 Å². The van der Waals surface area contributed by atoms with Crippen molar-refractivity contribution in [3.8, 4) is 0 Å². The molecule has 2 aliphatic rings. The van der Waals surface area contributed by atoms with Crippen LogP contribution in [-0.4, -0.2) is 18.1 Å². The van der Waals surface area contributed by atoms with Gasteiger partial charge in [0, 0.05) is 32.1 Å². The molecular formula is C19H17Br3N2. The lowest BCUT2D eigenvalue weighted by Crippen LogP contribution is -2.24.